The number of anilines is 1. The Hall–Kier alpha value is -1.17. The van der Waals surface area contributed by atoms with Gasteiger partial charge in [-0.05, 0) is 49.3 Å². The molecule has 1 heterocycles. The molecule has 1 fully saturated rings. The van der Waals surface area contributed by atoms with Crippen molar-refractivity contribution in [3.8, 4) is 0 Å². The van der Waals surface area contributed by atoms with Crippen molar-refractivity contribution >= 4 is 23.0 Å². The fourth-order valence-corrected chi connectivity index (χ4v) is 2.48. The van der Waals surface area contributed by atoms with Gasteiger partial charge in [0.2, 0.25) is 0 Å². The minimum atomic E-state index is 0.695. The summed E-state index contributed by atoms with van der Waals surface area (Å²) >= 11 is 5.32. The molecule has 0 aromatic heterocycles. The molecule has 0 bridgehead atoms. The molecule has 0 unspecified atom stereocenters. The van der Waals surface area contributed by atoms with E-state index in [4.69, 9.17) is 17.0 Å². The van der Waals surface area contributed by atoms with Crippen LogP contribution in [0.5, 0.6) is 0 Å². The number of thiocarbonyl (C=S) groups is 1. The van der Waals surface area contributed by atoms with E-state index < -0.39 is 0 Å². The zero-order valence-electron chi connectivity index (χ0n) is 12.3. The molecule has 0 radical (unpaired) electrons. The highest BCUT2D eigenvalue weighted by atomic mass is 32.1. The van der Waals surface area contributed by atoms with E-state index in [-0.39, 0.29) is 0 Å². The third kappa shape index (κ3) is 4.74. The Morgan fingerprint density at radius 1 is 1.25 bits per heavy atom. The third-order valence-electron chi connectivity index (χ3n) is 3.73. The van der Waals surface area contributed by atoms with Crippen LogP contribution in [0.1, 0.15) is 11.1 Å². The van der Waals surface area contributed by atoms with E-state index in [0.717, 1.165) is 45.1 Å². The summed E-state index contributed by atoms with van der Waals surface area (Å²) in [6, 6.07) is 6.29. The topological polar surface area (TPSA) is 37.7 Å². The zero-order chi connectivity index (χ0) is 14.4. The largest absolute Gasteiger partial charge is 0.370 e. The van der Waals surface area contributed by atoms with Crippen molar-refractivity contribution in [1.82, 2.24) is 5.32 Å². The number of aryl methyl sites for hydroxylation is 2. The lowest BCUT2D eigenvalue weighted by atomic mass is 10.1. The van der Waals surface area contributed by atoms with E-state index in [1.165, 1.54) is 11.1 Å². The van der Waals surface area contributed by atoms with Crippen molar-refractivity contribution in [3.63, 3.8) is 0 Å². The molecule has 1 aliphatic heterocycles. The molecule has 3 N–H and O–H groups in total. The molecule has 1 aromatic rings. The Labute approximate surface area is 126 Å². The van der Waals surface area contributed by atoms with Gasteiger partial charge in [-0.2, -0.15) is 0 Å². The highest BCUT2D eigenvalue weighted by molar-refractivity contribution is 7.80. The lowest BCUT2D eigenvalue weighted by Gasteiger charge is -2.24. The maximum Gasteiger partial charge on any atom is 0.170 e. The molecule has 20 heavy (non-hydrogen) atoms. The Kier molecular flexibility index (Phi) is 5.76. The van der Waals surface area contributed by atoms with Gasteiger partial charge in [0, 0.05) is 5.69 Å². The smallest absolute Gasteiger partial charge is 0.170 e. The lowest BCUT2D eigenvalue weighted by Crippen LogP contribution is -3.14. The number of ether oxygens (including phenoxy) is 1. The van der Waals surface area contributed by atoms with Gasteiger partial charge in [-0.25, -0.2) is 0 Å². The number of nitrogens with one attached hydrogen (secondary N) is 3. The monoisotopic (exact) mass is 294 g/mol. The van der Waals surface area contributed by atoms with Gasteiger partial charge >= 0.3 is 0 Å². The van der Waals surface area contributed by atoms with Crippen LogP contribution in [0.2, 0.25) is 0 Å². The van der Waals surface area contributed by atoms with Crippen LogP contribution in [0, 0.1) is 13.8 Å². The van der Waals surface area contributed by atoms with Gasteiger partial charge in [-0.15, -0.1) is 0 Å². The molecular formula is C15H24N3OS+. The van der Waals surface area contributed by atoms with Crippen LogP contribution < -0.4 is 15.5 Å². The van der Waals surface area contributed by atoms with Crippen LogP contribution in [-0.2, 0) is 4.74 Å². The molecule has 5 heteroatoms. The van der Waals surface area contributed by atoms with Crippen LogP contribution >= 0.6 is 12.2 Å². The molecule has 0 aliphatic carbocycles. The van der Waals surface area contributed by atoms with Gasteiger partial charge in [0.05, 0.1) is 26.3 Å². The minimum absolute atomic E-state index is 0.695. The minimum Gasteiger partial charge on any atom is -0.370 e. The number of hydrogen-bond donors (Lipinski definition) is 3. The van der Waals surface area contributed by atoms with E-state index in [1.54, 1.807) is 4.90 Å². The summed E-state index contributed by atoms with van der Waals surface area (Å²) in [5, 5.41) is 7.20. The second kappa shape index (κ2) is 7.57. The van der Waals surface area contributed by atoms with Gasteiger partial charge in [-0.3, -0.25) is 0 Å². The van der Waals surface area contributed by atoms with E-state index in [0.29, 0.717) is 5.11 Å². The van der Waals surface area contributed by atoms with Crippen molar-refractivity contribution in [3.05, 3.63) is 29.3 Å². The molecule has 0 amide bonds. The number of benzene rings is 1. The van der Waals surface area contributed by atoms with Crippen molar-refractivity contribution in [1.29, 1.82) is 0 Å². The molecule has 2 rings (SSSR count). The predicted octanol–water partition coefficient (Wildman–Crippen LogP) is 0.505. The Balaban J connectivity index is 1.70. The number of morpholine rings is 1. The normalized spacial score (nSPS) is 15.9. The van der Waals surface area contributed by atoms with Crippen LogP contribution in [-0.4, -0.2) is 44.5 Å². The van der Waals surface area contributed by atoms with Gasteiger partial charge in [0.1, 0.15) is 13.1 Å². The number of quaternary nitrogens is 1. The molecule has 4 nitrogen and oxygen atoms in total. The fourth-order valence-electron chi connectivity index (χ4n) is 2.26. The van der Waals surface area contributed by atoms with E-state index in [1.807, 2.05) is 0 Å². The molecule has 1 aromatic carbocycles. The molecular weight excluding hydrogens is 270 g/mol. The number of hydrogen-bond acceptors (Lipinski definition) is 2. The molecule has 110 valence electrons. The highest BCUT2D eigenvalue weighted by Gasteiger charge is 2.12. The summed E-state index contributed by atoms with van der Waals surface area (Å²) in [6.07, 6.45) is 0. The zero-order valence-corrected chi connectivity index (χ0v) is 13.1. The van der Waals surface area contributed by atoms with Crippen molar-refractivity contribution in [2.24, 2.45) is 0 Å². The van der Waals surface area contributed by atoms with Crippen LogP contribution in [0.4, 0.5) is 5.69 Å². The van der Waals surface area contributed by atoms with Crippen LogP contribution in [0.15, 0.2) is 18.2 Å². The standard InChI is InChI=1S/C15H23N3OS/c1-12-3-4-14(11-13(12)2)17-15(20)16-5-6-18-7-9-19-10-8-18/h3-4,11H,5-10H2,1-2H3,(H2,16,17,20)/p+1. The summed E-state index contributed by atoms with van der Waals surface area (Å²) in [5.41, 5.74) is 3.62. The van der Waals surface area contributed by atoms with Crippen molar-refractivity contribution in [2.75, 3.05) is 44.7 Å². The van der Waals surface area contributed by atoms with Crippen LogP contribution in [0.25, 0.3) is 0 Å². The van der Waals surface area contributed by atoms with E-state index in [9.17, 15) is 0 Å². The average Bonchev–Trinajstić information content (AvgIpc) is 2.44. The number of rotatable bonds is 4. The Morgan fingerprint density at radius 3 is 2.70 bits per heavy atom. The first-order valence-electron chi connectivity index (χ1n) is 7.18. The molecule has 0 atom stereocenters. The highest BCUT2D eigenvalue weighted by Crippen LogP contribution is 2.13. The molecule has 0 saturated carbocycles. The molecule has 1 aliphatic rings. The quantitative estimate of drug-likeness (QED) is 0.707. The summed E-state index contributed by atoms with van der Waals surface area (Å²) in [5.74, 6) is 0. The van der Waals surface area contributed by atoms with Crippen LogP contribution in [0.3, 0.4) is 0 Å². The second-order valence-electron chi connectivity index (χ2n) is 5.29. The van der Waals surface area contributed by atoms with E-state index in [2.05, 4.69) is 42.7 Å². The summed E-state index contributed by atoms with van der Waals surface area (Å²) in [7, 11) is 0. The average molecular weight is 294 g/mol. The van der Waals surface area contributed by atoms with Gasteiger partial charge in [0.25, 0.3) is 0 Å². The van der Waals surface area contributed by atoms with Crippen molar-refractivity contribution in [2.45, 2.75) is 13.8 Å². The van der Waals surface area contributed by atoms with Crippen molar-refractivity contribution < 1.29 is 9.64 Å². The lowest BCUT2D eigenvalue weighted by molar-refractivity contribution is -0.906. The first kappa shape index (κ1) is 15.2. The predicted molar refractivity (Wildman–Crippen MR) is 86.5 cm³/mol. The van der Waals surface area contributed by atoms with Gasteiger partial charge in [0.15, 0.2) is 5.11 Å². The molecule has 1 saturated heterocycles. The SMILES string of the molecule is Cc1ccc(NC(=S)NCC[NH+]2CCOCC2)cc1C. The summed E-state index contributed by atoms with van der Waals surface area (Å²) < 4.78 is 5.35. The summed E-state index contributed by atoms with van der Waals surface area (Å²) in [4.78, 5) is 1.58. The third-order valence-corrected chi connectivity index (χ3v) is 3.98. The maximum absolute atomic E-state index is 5.35. The maximum atomic E-state index is 5.35. The first-order chi connectivity index (χ1) is 9.65. The first-order valence-corrected chi connectivity index (χ1v) is 7.59. The fraction of sp³-hybridized carbons (Fsp3) is 0.533. The summed E-state index contributed by atoms with van der Waals surface area (Å²) in [6.45, 7) is 10.1. The van der Waals surface area contributed by atoms with Gasteiger partial charge < -0.3 is 20.3 Å². The van der Waals surface area contributed by atoms with Gasteiger partial charge in [-0.1, -0.05) is 6.07 Å². The molecule has 0 spiro atoms. The Morgan fingerprint density at radius 2 is 2.00 bits per heavy atom. The Bertz CT molecular complexity index is 458. The van der Waals surface area contributed by atoms with E-state index >= 15 is 0 Å². The second-order valence-corrected chi connectivity index (χ2v) is 5.70.